The number of hydrogen-bond acceptors (Lipinski definition) is 3. The summed E-state index contributed by atoms with van der Waals surface area (Å²) in [7, 11) is 0. The molecule has 0 aliphatic rings. The lowest BCUT2D eigenvalue weighted by atomic mass is 10.3. The normalized spacial score (nSPS) is 10.7. The molecule has 0 aliphatic heterocycles. The molecule has 0 atom stereocenters. The zero-order valence-electron chi connectivity index (χ0n) is 10.7. The summed E-state index contributed by atoms with van der Waals surface area (Å²) in [5.41, 5.74) is 0.702. The van der Waals surface area contributed by atoms with Crippen LogP contribution in [0.25, 0.3) is 0 Å². The predicted octanol–water partition coefficient (Wildman–Crippen LogP) is 2.29. The van der Waals surface area contributed by atoms with Crippen molar-refractivity contribution in [2.24, 2.45) is 0 Å². The SMILES string of the molecule is CC(C)OCCNCC(=O)Nc1cccc(Cl)c1. The van der Waals surface area contributed by atoms with Gasteiger partial charge in [0.15, 0.2) is 0 Å². The molecule has 2 N–H and O–H groups in total. The van der Waals surface area contributed by atoms with Crippen LogP contribution < -0.4 is 10.6 Å². The molecule has 1 aromatic rings. The second kappa shape index (κ2) is 8.08. The number of amides is 1. The first kappa shape index (κ1) is 15.0. The zero-order valence-corrected chi connectivity index (χ0v) is 11.5. The van der Waals surface area contributed by atoms with Gasteiger partial charge in [0.2, 0.25) is 5.91 Å². The van der Waals surface area contributed by atoms with Gasteiger partial charge in [0.05, 0.1) is 19.3 Å². The van der Waals surface area contributed by atoms with Gasteiger partial charge in [-0.1, -0.05) is 17.7 Å². The smallest absolute Gasteiger partial charge is 0.238 e. The monoisotopic (exact) mass is 270 g/mol. The van der Waals surface area contributed by atoms with E-state index in [0.717, 1.165) is 0 Å². The van der Waals surface area contributed by atoms with Crippen LogP contribution in [0.2, 0.25) is 5.02 Å². The number of carbonyl (C=O) groups is 1. The standard InChI is InChI=1S/C13H19ClN2O2/c1-10(2)18-7-6-15-9-13(17)16-12-5-3-4-11(14)8-12/h3-5,8,10,15H,6-7,9H2,1-2H3,(H,16,17). The summed E-state index contributed by atoms with van der Waals surface area (Å²) in [6.07, 6.45) is 0.215. The fourth-order valence-electron chi connectivity index (χ4n) is 1.34. The molecule has 0 unspecified atom stereocenters. The van der Waals surface area contributed by atoms with E-state index >= 15 is 0 Å². The molecule has 0 spiro atoms. The molecule has 0 aromatic heterocycles. The van der Waals surface area contributed by atoms with Crippen LogP contribution in [0.1, 0.15) is 13.8 Å². The topological polar surface area (TPSA) is 50.4 Å². The Hall–Kier alpha value is -1.10. The Kier molecular flexibility index (Phi) is 6.72. The van der Waals surface area contributed by atoms with Gasteiger partial charge in [-0.25, -0.2) is 0 Å². The number of benzene rings is 1. The van der Waals surface area contributed by atoms with Gasteiger partial charge in [-0.05, 0) is 32.0 Å². The number of rotatable bonds is 7. The maximum absolute atomic E-state index is 11.6. The van der Waals surface area contributed by atoms with Gasteiger partial charge in [-0.2, -0.15) is 0 Å². The van der Waals surface area contributed by atoms with Gasteiger partial charge in [-0.3, -0.25) is 4.79 Å². The van der Waals surface area contributed by atoms with Gasteiger partial charge < -0.3 is 15.4 Å². The molecule has 0 fully saturated rings. The minimum absolute atomic E-state index is 0.0955. The Morgan fingerprint density at radius 2 is 2.22 bits per heavy atom. The Labute approximate surface area is 113 Å². The quantitative estimate of drug-likeness (QED) is 0.748. The lowest BCUT2D eigenvalue weighted by Gasteiger charge is -2.09. The summed E-state index contributed by atoms with van der Waals surface area (Å²) in [4.78, 5) is 11.6. The fraction of sp³-hybridized carbons (Fsp3) is 0.462. The van der Waals surface area contributed by atoms with E-state index in [1.807, 2.05) is 13.8 Å². The predicted molar refractivity (Wildman–Crippen MR) is 74.0 cm³/mol. The van der Waals surface area contributed by atoms with Crippen LogP contribution in [0.3, 0.4) is 0 Å². The Morgan fingerprint density at radius 3 is 2.89 bits per heavy atom. The van der Waals surface area contributed by atoms with Gasteiger partial charge in [0, 0.05) is 17.3 Å². The van der Waals surface area contributed by atoms with E-state index in [-0.39, 0.29) is 18.6 Å². The summed E-state index contributed by atoms with van der Waals surface area (Å²) in [6.45, 7) is 5.47. The van der Waals surface area contributed by atoms with Crippen molar-refractivity contribution < 1.29 is 9.53 Å². The van der Waals surface area contributed by atoms with Gasteiger partial charge in [0.25, 0.3) is 0 Å². The minimum atomic E-state index is -0.0955. The lowest BCUT2D eigenvalue weighted by molar-refractivity contribution is -0.115. The van der Waals surface area contributed by atoms with Crippen molar-refractivity contribution in [2.45, 2.75) is 20.0 Å². The molecule has 1 aromatic carbocycles. The third-order valence-corrected chi connectivity index (χ3v) is 2.36. The highest BCUT2D eigenvalue weighted by Gasteiger charge is 2.02. The molecule has 4 nitrogen and oxygen atoms in total. The summed E-state index contributed by atoms with van der Waals surface area (Å²) in [5, 5.41) is 6.36. The summed E-state index contributed by atoms with van der Waals surface area (Å²) < 4.78 is 5.35. The van der Waals surface area contributed by atoms with Crippen molar-refractivity contribution >= 4 is 23.2 Å². The first-order valence-electron chi connectivity index (χ1n) is 5.95. The number of nitrogens with one attached hydrogen (secondary N) is 2. The summed E-state index contributed by atoms with van der Waals surface area (Å²) >= 11 is 5.82. The third kappa shape index (κ3) is 6.59. The molecule has 0 aliphatic carbocycles. The summed E-state index contributed by atoms with van der Waals surface area (Å²) in [5.74, 6) is -0.0955. The number of ether oxygens (including phenoxy) is 1. The van der Waals surface area contributed by atoms with E-state index in [1.165, 1.54) is 0 Å². The van der Waals surface area contributed by atoms with Crippen molar-refractivity contribution in [3.63, 3.8) is 0 Å². The second-order valence-corrected chi connectivity index (χ2v) is 4.59. The van der Waals surface area contributed by atoms with Crippen molar-refractivity contribution in [2.75, 3.05) is 25.0 Å². The van der Waals surface area contributed by atoms with E-state index in [2.05, 4.69) is 10.6 Å². The first-order valence-corrected chi connectivity index (χ1v) is 6.33. The molecule has 0 radical (unpaired) electrons. The van der Waals surface area contributed by atoms with Crippen LogP contribution in [0, 0.1) is 0 Å². The highest BCUT2D eigenvalue weighted by atomic mass is 35.5. The van der Waals surface area contributed by atoms with Crippen LogP contribution >= 0.6 is 11.6 Å². The Morgan fingerprint density at radius 1 is 1.44 bits per heavy atom. The van der Waals surface area contributed by atoms with Crippen molar-refractivity contribution in [1.29, 1.82) is 0 Å². The van der Waals surface area contributed by atoms with E-state index in [9.17, 15) is 4.79 Å². The average molecular weight is 271 g/mol. The molecular weight excluding hydrogens is 252 g/mol. The van der Waals surface area contributed by atoms with E-state index in [1.54, 1.807) is 24.3 Å². The molecule has 0 bridgehead atoms. The molecule has 5 heteroatoms. The largest absolute Gasteiger partial charge is 0.377 e. The van der Waals surface area contributed by atoms with E-state index in [0.29, 0.717) is 23.9 Å². The fourth-order valence-corrected chi connectivity index (χ4v) is 1.53. The number of carbonyl (C=O) groups excluding carboxylic acids is 1. The van der Waals surface area contributed by atoms with Crippen molar-refractivity contribution in [3.8, 4) is 0 Å². The first-order chi connectivity index (χ1) is 8.58. The molecule has 100 valence electrons. The number of halogens is 1. The average Bonchev–Trinajstić information content (AvgIpc) is 2.28. The molecule has 1 rings (SSSR count). The molecule has 1 amide bonds. The van der Waals surface area contributed by atoms with Crippen molar-refractivity contribution in [3.05, 3.63) is 29.3 Å². The molecule has 18 heavy (non-hydrogen) atoms. The van der Waals surface area contributed by atoms with E-state index < -0.39 is 0 Å². The molecule has 0 saturated carbocycles. The molecule has 0 heterocycles. The molecule has 0 saturated heterocycles. The maximum Gasteiger partial charge on any atom is 0.238 e. The van der Waals surface area contributed by atoms with Gasteiger partial charge >= 0.3 is 0 Å². The highest BCUT2D eigenvalue weighted by molar-refractivity contribution is 6.30. The Bertz CT molecular complexity index is 383. The molecular formula is C13H19ClN2O2. The van der Waals surface area contributed by atoms with Gasteiger partial charge in [-0.15, -0.1) is 0 Å². The van der Waals surface area contributed by atoms with Crippen molar-refractivity contribution in [1.82, 2.24) is 5.32 Å². The van der Waals surface area contributed by atoms with E-state index in [4.69, 9.17) is 16.3 Å². The summed E-state index contributed by atoms with van der Waals surface area (Å²) in [6, 6.07) is 7.06. The van der Waals surface area contributed by atoms with Crippen LogP contribution in [-0.2, 0) is 9.53 Å². The maximum atomic E-state index is 11.6. The number of anilines is 1. The van der Waals surface area contributed by atoms with Crippen LogP contribution in [-0.4, -0.2) is 31.7 Å². The van der Waals surface area contributed by atoms with Gasteiger partial charge in [0.1, 0.15) is 0 Å². The van der Waals surface area contributed by atoms with Crippen LogP contribution in [0.5, 0.6) is 0 Å². The van der Waals surface area contributed by atoms with Crippen LogP contribution in [0.15, 0.2) is 24.3 Å². The zero-order chi connectivity index (χ0) is 13.4. The highest BCUT2D eigenvalue weighted by Crippen LogP contribution is 2.14. The Balaban J connectivity index is 2.18. The third-order valence-electron chi connectivity index (χ3n) is 2.12. The van der Waals surface area contributed by atoms with Crippen LogP contribution in [0.4, 0.5) is 5.69 Å². The lowest BCUT2D eigenvalue weighted by Crippen LogP contribution is -2.30. The second-order valence-electron chi connectivity index (χ2n) is 4.15. The number of hydrogen-bond donors (Lipinski definition) is 2. The minimum Gasteiger partial charge on any atom is -0.377 e.